The number of benzene rings is 1. The molecule has 0 bridgehead atoms. The Morgan fingerprint density at radius 2 is 1.84 bits per heavy atom. The quantitative estimate of drug-likeness (QED) is 0.500. The average Bonchev–Trinajstić information content (AvgIpc) is 2.27. The second-order valence-electron chi connectivity index (χ2n) is 6.14. The monoisotopic (exact) mass is 301 g/mol. The predicted molar refractivity (Wildman–Crippen MR) is 84.5 cm³/mol. The predicted octanol–water partition coefficient (Wildman–Crippen LogP) is 4.32. The third-order valence-electron chi connectivity index (χ3n) is 3.59. The molecule has 0 radical (unpaired) electrons. The third kappa shape index (κ3) is 4.71. The van der Waals surface area contributed by atoms with Crippen LogP contribution in [0.3, 0.4) is 0 Å². The standard InChI is InChI=1S/C14H24ClNO2Si/c1-14(2,3)19(4,5)18-9-8-17-11-6-7-12(15)13(16)10-11/h6-7,10H,8-9,16H2,1-5H3. The summed E-state index contributed by atoms with van der Waals surface area (Å²) in [6, 6.07) is 5.28. The number of nitrogens with two attached hydrogens (primary N) is 1. The average molecular weight is 302 g/mol. The van der Waals surface area contributed by atoms with E-state index in [-0.39, 0.29) is 5.04 Å². The van der Waals surface area contributed by atoms with Crippen molar-refractivity contribution in [3.63, 3.8) is 0 Å². The van der Waals surface area contributed by atoms with Crippen LogP contribution < -0.4 is 10.5 Å². The van der Waals surface area contributed by atoms with Crippen LogP contribution in [0.4, 0.5) is 5.69 Å². The van der Waals surface area contributed by atoms with Gasteiger partial charge < -0.3 is 14.9 Å². The van der Waals surface area contributed by atoms with Crippen LogP contribution in [-0.4, -0.2) is 21.5 Å². The van der Waals surface area contributed by atoms with Gasteiger partial charge in [0.25, 0.3) is 0 Å². The highest BCUT2D eigenvalue weighted by atomic mass is 35.5. The van der Waals surface area contributed by atoms with Gasteiger partial charge in [0.2, 0.25) is 0 Å². The van der Waals surface area contributed by atoms with Crippen LogP contribution in [0.1, 0.15) is 20.8 Å². The SMILES string of the molecule is CC(C)(C)[Si](C)(C)OCCOc1ccc(Cl)c(N)c1. The summed E-state index contributed by atoms with van der Waals surface area (Å²) >= 11 is 5.85. The fraction of sp³-hybridized carbons (Fsp3) is 0.571. The van der Waals surface area contributed by atoms with E-state index < -0.39 is 8.32 Å². The number of nitrogen functional groups attached to an aromatic ring is 1. The second-order valence-corrected chi connectivity index (χ2v) is 11.4. The Labute approximate surface area is 122 Å². The maximum Gasteiger partial charge on any atom is 0.192 e. The molecule has 3 nitrogen and oxygen atoms in total. The van der Waals surface area contributed by atoms with Gasteiger partial charge in [-0.15, -0.1) is 0 Å². The maximum absolute atomic E-state index is 6.03. The first-order valence-corrected chi connectivity index (χ1v) is 9.74. The van der Waals surface area contributed by atoms with Gasteiger partial charge in [-0.05, 0) is 30.3 Å². The number of hydrogen-bond donors (Lipinski definition) is 1. The molecule has 1 rings (SSSR count). The molecular formula is C14H24ClNO2Si. The van der Waals surface area contributed by atoms with Crippen LogP contribution in [-0.2, 0) is 4.43 Å². The number of rotatable bonds is 5. The first-order valence-electron chi connectivity index (χ1n) is 6.45. The van der Waals surface area contributed by atoms with Crippen molar-refractivity contribution in [3.05, 3.63) is 23.2 Å². The van der Waals surface area contributed by atoms with Gasteiger partial charge in [0.05, 0.1) is 17.3 Å². The zero-order chi connectivity index (χ0) is 14.7. The van der Waals surface area contributed by atoms with E-state index in [0.717, 1.165) is 5.75 Å². The van der Waals surface area contributed by atoms with Gasteiger partial charge in [0.15, 0.2) is 8.32 Å². The summed E-state index contributed by atoms with van der Waals surface area (Å²) in [6.07, 6.45) is 0. The Bertz CT molecular complexity index is 430. The molecule has 0 unspecified atom stereocenters. The van der Waals surface area contributed by atoms with Gasteiger partial charge in [-0.2, -0.15) is 0 Å². The molecule has 5 heteroatoms. The minimum Gasteiger partial charge on any atom is -0.491 e. The van der Waals surface area contributed by atoms with E-state index in [0.29, 0.717) is 23.9 Å². The van der Waals surface area contributed by atoms with E-state index in [1.807, 2.05) is 6.07 Å². The second kappa shape index (κ2) is 6.16. The van der Waals surface area contributed by atoms with Crippen LogP contribution in [0, 0.1) is 0 Å². The summed E-state index contributed by atoms with van der Waals surface area (Å²) in [4.78, 5) is 0. The zero-order valence-corrected chi connectivity index (χ0v) is 14.2. The Kier molecular flexibility index (Phi) is 5.30. The van der Waals surface area contributed by atoms with Gasteiger partial charge in [-0.3, -0.25) is 0 Å². The first kappa shape index (κ1) is 16.3. The first-order chi connectivity index (χ1) is 8.63. The van der Waals surface area contributed by atoms with Crippen LogP contribution >= 0.6 is 11.6 Å². The highest BCUT2D eigenvalue weighted by molar-refractivity contribution is 6.74. The summed E-state index contributed by atoms with van der Waals surface area (Å²) in [5.41, 5.74) is 6.25. The molecule has 0 aliphatic carbocycles. The molecule has 0 aliphatic rings. The van der Waals surface area contributed by atoms with Crippen LogP contribution in [0.5, 0.6) is 5.75 Å². The highest BCUT2D eigenvalue weighted by Gasteiger charge is 2.36. The van der Waals surface area contributed by atoms with E-state index in [4.69, 9.17) is 26.5 Å². The van der Waals surface area contributed by atoms with Crippen molar-refractivity contribution >= 4 is 25.6 Å². The smallest absolute Gasteiger partial charge is 0.192 e. The Hall–Kier alpha value is -0.713. The summed E-state index contributed by atoms with van der Waals surface area (Å²) in [5.74, 6) is 0.723. The number of halogens is 1. The van der Waals surface area contributed by atoms with Crippen molar-refractivity contribution in [2.75, 3.05) is 18.9 Å². The molecule has 1 aromatic rings. The van der Waals surface area contributed by atoms with E-state index in [1.165, 1.54) is 0 Å². The molecule has 0 saturated heterocycles. The molecule has 19 heavy (non-hydrogen) atoms. The van der Waals surface area contributed by atoms with Crippen LogP contribution in [0.15, 0.2) is 18.2 Å². The van der Waals surface area contributed by atoms with Crippen molar-refractivity contribution < 1.29 is 9.16 Å². The zero-order valence-electron chi connectivity index (χ0n) is 12.4. The summed E-state index contributed by atoms with van der Waals surface area (Å²) in [5, 5.41) is 0.766. The van der Waals surface area contributed by atoms with E-state index >= 15 is 0 Å². The molecule has 0 aliphatic heterocycles. The molecule has 0 heterocycles. The van der Waals surface area contributed by atoms with Crippen LogP contribution in [0.25, 0.3) is 0 Å². The Morgan fingerprint density at radius 1 is 1.21 bits per heavy atom. The molecule has 108 valence electrons. The number of anilines is 1. The van der Waals surface area contributed by atoms with Gasteiger partial charge in [-0.1, -0.05) is 32.4 Å². The molecule has 1 aromatic carbocycles. The van der Waals surface area contributed by atoms with Crippen molar-refractivity contribution in [2.45, 2.75) is 38.9 Å². The highest BCUT2D eigenvalue weighted by Crippen LogP contribution is 2.36. The summed E-state index contributed by atoms with van der Waals surface area (Å²) < 4.78 is 11.6. The third-order valence-corrected chi connectivity index (χ3v) is 8.47. The molecule has 0 atom stereocenters. The number of hydrogen-bond acceptors (Lipinski definition) is 3. The van der Waals surface area contributed by atoms with Gasteiger partial charge in [0, 0.05) is 6.07 Å². The molecule has 0 saturated carbocycles. The van der Waals surface area contributed by atoms with E-state index in [1.54, 1.807) is 12.1 Å². The van der Waals surface area contributed by atoms with Crippen LogP contribution in [0.2, 0.25) is 23.2 Å². The summed E-state index contributed by atoms with van der Waals surface area (Å²) in [7, 11) is -1.69. The lowest BCUT2D eigenvalue weighted by molar-refractivity contribution is 0.203. The number of ether oxygens (including phenoxy) is 1. The van der Waals surface area contributed by atoms with Crippen molar-refractivity contribution in [1.82, 2.24) is 0 Å². The van der Waals surface area contributed by atoms with Gasteiger partial charge >= 0.3 is 0 Å². The minimum atomic E-state index is -1.69. The lowest BCUT2D eigenvalue weighted by Crippen LogP contribution is -2.41. The lowest BCUT2D eigenvalue weighted by Gasteiger charge is -2.36. The summed E-state index contributed by atoms with van der Waals surface area (Å²) in [6.45, 7) is 12.2. The molecule has 0 amide bonds. The van der Waals surface area contributed by atoms with E-state index in [9.17, 15) is 0 Å². The normalized spacial score (nSPS) is 12.5. The molecule has 0 spiro atoms. The van der Waals surface area contributed by atoms with Crippen molar-refractivity contribution in [1.29, 1.82) is 0 Å². The lowest BCUT2D eigenvalue weighted by atomic mass is 10.2. The van der Waals surface area contributed by atoms with Gasteiger partial charge in [0.1, 0.15) is 12.4 Å². The fourth-order valence-electron chi connectivity index (χ4n) is 1.28. The molecule has 0 aromatic heterocycles. The minimum absolute atomic E-state index is 0.220. The Morgan fingerprint density at radius 3 is 2.37 bits per heavy atom. The molecule has 0 fully saturated rings. The van der Waals surface area contributed by atoms with E-state index in [2.05, 4.69) is 33.9 Å². The topological polar surface area (TPSA) is 44.5 Å². The molecular weight excluding hydrogens is 278 g/mol. The molecule has 2 N–H and O–H groups in total. The largest absolute Gasteiger partial charge is 0.491 e. The maximum atomic E-state index is 6.03. The van der Waals surface area contributed by atoms with Crippen molar-refractivity contribution in [2.24, 2.45) is 0 Å². The fourth-order valence-corrected chi connectivity index (χ4v) is 2.43. The van der Waals surface area contributed by atoms with Crippen molar-refractivity contribution in [3.8, 4) is 5.75 Å². The van der Waals surface area contributed by atoms with Gasteiger partial charge in [-0.25, -0.2) is 0 Å². The Balaban J connectivity index is 2.41.